The van der Waals surface area contributed by atoms with Crippen LogP contribution >= 0.6 is 0 Å². The van der Waals surface area contributed by atoms with Crippen molar-refractivity contribution in [2.75, 3.05) is 13.7 Å². The maximum Gasteiger partial charge on any atom is 0.357 e. The third-order valence-corrected chi connectivity index (χ3v) is 4.68. The standard InChI is InChI=1S/C23H21N3O3/c1-4-29-23(27)19-14-20(17-11-8-12-18(13-17)28-3)26-22(24-19)21(15(2)25-26)16-9-6-5-7-10-16/h5-14H,4H2,1-3H3. The second kappa shape index (κ2) is 7.75. The monoisotopic (exact) mass is 387 g/mol. The van der Waals surface area contributed by atoms with Gasteiger partial charge in [0, 0.05) is 11.1 Å². The number of hydrogen-bond donors (Lipinski definition) is 0. The van der Waals surface area contributed by atoms with Crippen LogP contribution in [-0.2, 0) is 4.74 Å². The first-order valence-electron chi connectivity index (χ1n) is 9.39. The summed E-state index contributed by atoms with van der Waals surface area (Å²) in [6.45, 7) is 4.00. The van der Waals surface area contributed by atoms with Crippen LogP contribution in [-0.4, -0.2) is 34.3 Å². The zero-order valence-corrected chi connectivity index (χ0v) is 16.5. The highest BCUT2D eigenvalue weighted by molar-refractivity contribution is 5.91. The Balaban J connectivity index is 2.03. The number of rotatable bonds is 5. The van der Waals surface area contributed by atoms with E-state index in [0.717, 1.165) is 33.8 Å². The van der Waals surface area contributed by atoms with E-state index in [0.29, 0.717) is 5.65 Å². The minimum atomic E-state index is -0.461. The molecular weight excluding hydrogens is 366 g/mol. The van der Waals surface area contributed by atoms with Crippen LogP contribution < -0.4 is 4.74 Å². The van der Waals surface area contributed by atoms with Gasteiger partial charge >= 0.3 is 5.97 Å². The number of hydrogen-bond acceptors (Lipinski definition) is 5. The highest BCUT2D eigenvalue weighted by Gasteiger charge is 2.20. The Labute approximate surface area is 168 Å². The number of benzene rings is 2. The Kier molecular flexibility index (Phi) is 4.99. The predicted octanol–water partition coefficient (Wildman–Crippen LogP) is 4.56. The van der Waals surface area contributed by atoms with E-state index in [4.69, 9.17) is 14.6 Å². The Hall–Kier alpha value is -3.67. The van der Waals surface area contributed by atoms with Crippen LogP contribution in [0, 0.1) is 6.92 Å². The molecular formula is C23H21N3O3. The van der Waals surface area contributed by atoms with Gasteiger partial charge in [0.2, 0.25) is 0 Å². The lowest BCUT2D eigenvalue weighted by atomic mass is 10.1. The van der Waals surface area contributed by atoms with E-state index < -0.39 is 5.97 Å². The third kappa shape index (κ3) is 3.45. The van der Waals surface area contributed by atoms with Crippen molar-refractivity contribution in [3.8, 4) is 28.1 Å². The van der Waals surface area contributed by atoms with Crippen LogP contribution in [0.2, 0.25) is 0 Å². The summed E-state index contributed by atoms with van der Waals surface area (Å²) in [6.07, 6.45) is 0. The molecule has 146 valence electrons. The van der Waals surface area contributed by atoms with Gasteiger partial charge in [0.15, 0.2) is 11.3 Å². The van der Waals surface area contributed by atoms with E-state index in [-0.39, 0.29) is 12.3 Å². The van der Waals surface area contributed by atoms with Crippen molar-refractivity contribution in [1.29, 1.82) is 0 Å². The summed E-state index contributed by atoms with van der Waals surface area (Å²) in [6, 6.07) is 19.3. The van der Waals surface area contributed by atoms with Gasteiger partial charge in [-0.1, -0.05) is 42.5 Å². The molecule has 0 radical (unpaired) electrons. The van der Waals surface area contributed by atoms with Gasteiger partial charge in [-0.3, -0.25) is 0 Å². The molecule has 0 aliphatic heterocycles. The lowest BCUT2D eigenvalue weighted by Crippen LogP contribution is -2.10. The van der Waals surface area contributed by atoms with E-state index in [1.807, 2.05) is 61.5 Å². The van der Waals surface area contributed by atoms with Crippen LogP contribution in [0.3, 0.4) is 0 Å². The number of methoxy groups -OCH3 is 1. The topological polar surface area (TPSA) is 65.7 Å². The fraction of sp³-hybridized carbons (Fsp3) is 0.174. The summed E-state index contributed by atoms with van der Waals surface area (Å²) in [5.74, 6) is 0.259. The molecule has 4 rings (SSSR count). The average Bonchev–Trinajstić information content (AvgIpc) is 3.09. The van der Waals surface area contributed by atoms with Crippen LogP contribution in [0.15, 0.2) is 60.7 Å². The Morgan fingerprint density at radius 3 is 2.52 bits per heavy atom. The van der Waals surface area contributed by atoms with Crippen molar-refractivity contribution in [3.05, 3.63) is 72.1 Å². The second-order valence-electron chi connectivity index (χ2n) is 6.54. The van der Waals surface area contributed by atoms with Crippen molar-refractivity contribution in [1.82, 2.24) is 14.6 Å². The molecule has 2 aromatic heterocycles. The number of fused-ring (bicyclic) bond motifs is 1. The molecule has 4 aromatic rings. The molecule has 0 atom stereocenters. The SMILES string of the molecule is CCOC(=O)c1cc(-c2cccc(OC)c2)n2nc(C)c(-c3ccccc3)c2n1. The summed E-state index contributed by atoms with van der Waals surface area (Å²) < 4.78 is 12.3. The van der Waals surface area contributed by atoms with Crippen LogP contribution in [0.5, 0.6) is 5.75 Å². The Morgan fingerprint density at radius 1 is 1.03 bits per heavy atom. The normalized spacial score (nSPS) is 10.9. The maximum absolute atomic E-state index is 12.5. The molecule has 29 heavy (non-hydrogen) atoms. The molecule has 0 bridgehead atoms. The molecule has 6 heteroatoms. The Bertz CT molecular complexity index is 1180. The van der Waals surface area contributed by atoms with Crippen molar-refractivity contribution in [2.45, 2.75) is 13.8 Å². The quantitative estimate of drug-likeness (QED) is 0.470. The van der Waals surface area contributed by atoms with Crippen molar-refractivity contribution in [3.63, 3.8) is 0 Å². The van der Waals surface area contributed by atoms with Crippen LogP contribution in [0.1, 0.15) is 23.1 Å². The molecule has 2 aromatic carbocycles. The minimum absolute atomic E-state index is 0.245. The van der Waals surface area contributed by atoms with Gasteiger partial charge in [0.05, 0.1) is 25.1 Å². The van der Waals surface area contributed by atoms with E-state index in [1.54, 1.807) is 24.6 Å². The van der Waals surface area contributed by atoms with Gasteiger partial charge in [-0.2, -0.15) is 5.10 Å². The number of carbonyl (C=O) groups excluding carboxylic acids is 1. The fourth-order valence-electron chi connectivity index (χ4n) is 3.36. The van der Waals surface area contributed by atoms with Gasteiger partial charge in [-0.25, -0.2) is 14.3 Å². The van der Waals surface area contributed by atoms with Crippen LogP contribution in [0.4, 0.5) is 0 Å². The minimum Gasteiger partial charge on any atom is -0.497 e. The number of aryl methyl sites for hydroxylation is 1. The van der Waals surface area contributed by atoms with Gasteiger partial charge in [-0.05, 0) is 37.6 Å². The predicted molar refractivity (Wildman–Crippen MR) is 111 cm³/mol. The van der Waals surface area contributed by atoms with Gasteiger partial charge in [0.1, 0.15) is 5.75 Å². The smallest absolute Gasteiger partial charge is 0.357 e. The molecule has 0 saturated heterocycles. The molecule has 2 heterocycles. The lowest BCUT2D eigenvalue weighted by molar-refractivity contribution is 0.0519. The first-order valence-corrected chi connectivity index (χ1v) is 9.39. The molecule has 0 unspecified atom stereocenters. The second-order valence-corrected chi connectivity index (χ2v) is 6.54. The van der Waals surface area contributed by atoms with Gasteiger partial charge < -0.3 is 9.47 Å². The fourth-order valence-corrected chi connectivity index (χ4v) is 3.36. The summed E-state index contributed by atoms with van der Waals surface area (Å²) in [7, 11) is 1.62. The lowest BCUT2D eigenvalue weighted by Gasteiger charge is -2.10. The summed E-state index contributed by atoms with van der Waals surface area (Å²) in [4.78, 5) is 17.1. The molecule has 0 N–H and O–H groups in total. The zero-order chi connectivity index (χ0) is 20.4. The van der Waals surface area contributed by atoms with Crippen molar-refractivity contribution in [2.24, 2.45) is 0 Å². The van der Waals surface area contributed by atoms with Crippen molar-refractivity contribution >= 4 is 11.6 Å². The van der Waals surface area contributed by atoms with E-state index in [2.05, 4.69) is 4.98 Å². The maximum atomic E-state index is 12.5. The zero-order valence-electron chi connectivity index (χ0n) is 16.5. The van der Waals surface area contributed by atoms with E-state index in [9.17, 15) is 4.79 Å². The number of aromatic nitrogens is 3. The highest BCUT2D eigenvalue weighted by atomic mass is 16.5. The van der Waals surface area contributed by atoms with E-state index >= 15 is 0 Å². The molecule has 0 fully saturated rings. The largest absolute Gasteiger partial charge is 0.497 e. The summed E-state index contributed by atoms with van der Waals surface area (Å²) >= 11 is 0. The molecule has 0 amide bonds. The molecule has 6 nitrogen and oxygen atoms in total. The number of carbonyl (C=O) groups is 1. The van der Waals surface area contributed by atoms with Gasteiger partial charge in [-0.15, -0.1) is 0 Å². The summed E-state index contributed by atoms with van der Waals surface area (Å²) in [5.41, 5.74) is 5.16. The average molecular weight is 387 g/mol. The van der Waals surface area contributed by atoms with Crippen LogP contribution in [0.25, 0.3) is 28.0 Å². The molecule has 0 aliphatic rings. The van der Waals surface area contributed by atoms with E-state index in [1.165, 1.54) is 0 Å². The third-order valence-electron chi connectivity index (χ3n) is 4.68. The molecule has 0 saturated carbocycles. The number of esters is 1. The summed E-state index contributed by atoms with van der Waals surface area (Å²) in [5, 5.41) is 4.73. The Morgan fingerprint density at radius 2 is 1.79 bits per heavy atom. The molecule has 0 aliphatic carbocycles. The van der Waals surface area contributed by atoms with Crippen molar-refractivity contribution < 1.29 is 14.3 Å². The molecule has 0 spiro atoms. The number of nitrogens with zero attached hydrogens (tertiary/aromatic N) is 3. The highest BCUT2D eigenvalue weighted by Crippen LogP contribution is 2.31. The number of ether oxygens (including phenoxy) is 2. The van der Waals surface area contributed by atoms with Gasteiger partial charge in [0.25, 0.3) is 0 Å². The first kappa shape index (κ1) is 18.7. The first-order chi connectivity index (χ1) is 14.1.